The zero-order chi connectivity index (χ0) is 14.7. The average Bonchev–Trinajstić information content (AvgIpc) is 3.00. The fourth-order valence-electron chi connectivity index (χ4n) is 2.53. The molecular weight excluding hydrogens is 284 g/mol. The molecule has 0 saturated carbocycles. The Morgan fingerprint density at radius 2 is 2.24 bits per heavy atom. The van der Waals surface area contributed by atoms with Gasteiger partial charge in [-0.15, -0.1) is 11.3 Å². The molecular formula is C16H18N2O2S. The number of methoxy groups -OCH3 is 1. The minimum atomic E-state index is 0.123. The molecule has 3 rings (SSSR count). The standard InChI is InChI=1S/C16H18N2O2S/c1-20-14-5-3-2-4-13(14)17-10-16(19)18-8-6-15-12(11-18)7-9-21-15/h2-5,7,9,17H,6,8,10-11H2,1H3. The number of carbonyl (C=O) groups is 1. The molecule has 1 aliphatic heterocycles. The van der Waals surface area contributed by atoms with E-state index in [1.807, 2.05) is 29.2 Å². The number of para-hydroxylation sites is 2. The molecule has 110 valence electrons. The van der Waals surface area contributed by atoms with Crippen molar-refractivity contribution in [1.29, 1.82) is 0 Å². The van der Waals surface area contributed by atoms with Crippen LogP contribution in [0.15, 0.2) is 35.7 Å². The van der Waals surface area contributed by atoms with E-state index < -0.39 is 0 Å². The van der Waals surface area contributed by atoms with Gasteiger partial charge in [0.05, 0.1) is 19.3 Å². The number of nitrogens with one attached hydrogen (secondary N) is 1. The van der Waals surface area contributed by atoms with E-state index in [9.17, 15) is 4.79 Å². The summed E-state index contributed by atoms with van der Waals surface area (Å²) in [5.41, 5.74) is 2.14. The van der Waals surface area contributed by atoms with Gasteiger partial charge in [0, 0.05) is 18.0 Å². The molecule has 0 spiro atoms. The molecule has 0 radical (unpaired) electrons. The van der Waals surface area contributed by atoms with Gasteiger partial charge in [-0.1, -0.05) is 12.1 Å². The van der Waals surface area contributed by atoms with Gasteiger partial charge in [0.15, 0.2) is 0 Å². The third kappa shape index (κ3) is 3.03. The molecule has 4 nitrogen and oxygen atoms in total. The molecule has 1 aromatic carbocycles. The molecule has 2 heterocycles. The van der Waals surface area contributed by atoms with E-state index in [2.05, 4.69) is 16.8 Å². The molecule has 0 unspecified atom stereocenters. The lowest BCUT2D eigenvalue weighted by molar-refractivity contribution is -0.130. The summed E-state index contributed by atoms with van der Waals surface area (Å²) in [4.78, 5) is 15.7. The maximum absolute atomic E-state index is 12.3. The highest BCUT2D eigenvalue weighted by Crippen LogP contribution is 2.25. The Labute approximate surface area is 128 Å². The minimum absolute atomic E-state index is 0.123. The smallest absolute Gasteiger partial charge is 0.242 e. The second-order valence-electron chi connectivity index (χ2n) is 4.99. The van der Waals surface area contributed by atoms with E-state index >= 15 is 0 Å². The van der Waals surface area contributed by atoms with Crippen molar-refractivity contribution in [3.8, 4) is 5.75 Å². The maximum atomic E-state index is 12.3. The molecule has 1 aromatic heterocycles. The summed E-state index contributed by atoms with van der Waals surface area (Å²) in [6.07, 6.45) is 0.966. The first kappa shape index (κ1) is 13.9. The zero-order valence-corrected chi connectivity index (χ0v) is 12.8. The lowest BCUT2D eigenvalue weighted by Gasteiger charge is -2.27. The Hall–Kier alpha value is -2.01. The van der Waals surface area contributed by atoms with Gasteiger partial charge < -0.3 is 15.0 Å². The SMILES string of the molecule is COc1ccccc1NCC(=O)N1CCc2sccc2C1. The lowest BCUT2D eigenvalue weighted by atomic mass is 10.1. The molecule has 1 amide bonds. The van der Waals surface area contributed by atoms with Gasteiger partial charge in [-0.05, 0) is 35.6 Å². The number of anilines is 1. The van der Waals surface area contributed by atoms with Gasteiger partial charge in [0.2, 0.25) is 5.91 Å². The lowest BCUT2D eigenvalue weighted by Crippen LogP contribution is -2.38. The van der Waals surface area contributed by atoms with Gasteiger partial charge in [0.1, 0.15) is 5.75 Å². The largest absolute Gasteiger partial charge is 0.495 e. The highest BCUT2D eigenvalue weighted by molar-refractivity contribution is 7.10. The van der Waals surface area contributed by atoms with E-state index in [4.69, 9.17) is 4.74 Å². The molecule has 5 heteroatoms. The van der Waals surface area contributed by atoms with Crippen molar-refractivity contribution in [3.05, 3.63) is 46.2 Å². The number of benzene rings is 1. The monoisotopic (exact) mass is 302 g/mol. The fraction of sp³-hybridized carbons (Fsp3) is 0.312. The summed E-state index contributed by atoms with van der Waals surface area (Å²) >= 11 is 1.78. The Kier molecular flexibility index (Phi) is 4.10. The quantitative estimate of drug-likeness (QED) is 0.944. The van der Waals surface area contributed by atoms with Crippen LogP contribution >= 0.6 is 11.3 Å². The third-order valence-electron chi connectivity index (χ3n) is 3.70. The predicted molar refractivity (Wildman–Crippen MR) is 84.9 cm³/mol. The van der Waals surface area contributed by atoms with Gasteiger partial charge in [-0.3, -0.25) is 4.79 Å². The van der Waals surface area contributed by atoms with Crippen LogP contribution in [-0.4, -0.2) is 31.0 Å². The second kappa shape index (κ2) is 6.18. The van der Waals surface area contributed by atoms with Crippen LogP contribution < -0.4 is 10.1 Å². The zero-order valence-electron chi connectivity index (χ0n) is 12.0. The van der Waals surface area contributed by atoms with Crippen molar-refractivity contribution in [3.63, 3.8) is 0 Å². The highest BCUT2D eigenvalue weighted by atomic mass is 32.1. The fourth-order valence-corrected chi connectivity index (χ4v) is 3.42. The highest BCUT2D eigenvalue weighted by Gasteiger charge is 2.21. The van der Waals surface area contributed by atoms with E-state index in [1.54, 1.807) is 18.4 Å². The average molecular weight is 302 g/mol. The molecule has 0 atom stereocenters. The molecule has 0 saturated heterocycles. The molecule has 1 N–H and O–H groups in total. The number of carbonyl (C=O) groups excluding carboxylic acids is 1. The Balaban J connectivity index is 1.60. The summed E-state index contributed by atoms with van der Waals surface area (Å²) in [5.74, 6) is 0.877. The number of thiophene rings is 1. The van der Waals surface area contributed by atoms with Gasteiger partial charge in [-0.2, -0.15) is 0 Å². The molecule has 2 aromatic rings. The van der Waals surface area contributed by atoms with Gasteiger partial charge in [0.25, 0.3) is 0 Å². The predicted octanol–water partition coefficient (Wildman–Crippen LogP) is 2.75. The van der Waals surface area contributed by atoms with E-state index in [-0.39, 0.29) is 5.91 Å². The van der Waals surface area contributed by atoms with Crippen molar-refractivity contribution in [2.24, 2.45) is 0 Å². The number of rotatable bonds is 4. The number of fused-ring (bicyclic) bond motifs is 1. The first-order valence-corrected chi connectivity index (χ1v) is 7.86. The van der Waals surface area contributed by atoms with Crippen LogP contribution in [0.25, 0.3) is 0 Å². The topological polar surface area (TPSA) is 41.6 Å². The van der Waals surface area contributed by atoms with Crippen LogP contribution in [0.3, 0.4) is 0 Å². The summed E-state index contributed by atoms with van der Waals surface area (Å²) in [7, 11) is 1.63. The van der Waals surface area contributed by atoms with Crippen molar-refractivity contribution in [1.82, 2.24) is 4.90 Å². The second-order valence-corrected chi connectivity index (χ2v) is 5.99. The summed E-state index contributed by atoms with van der Waals surface area (Å²) in [5, 5.41) is 5.27. The molecule has 0 fully saturated rings. The number of ether oxygens (including phenoxy) is 1. The number of nitrogens with zero attached hydrogens (tertiary/aromatic N) is 1. The normalized spacial score (nSPS) is 13.7. The summed E-state index contributed by atoms with van der Waals surface area (Å²) < 4.78 is 5.27. The van der Waals surface area contributed by atoms with Crippen molar-refractivity contribution < 1.29 is 9.53 Å². The summed E-state index contributed by atoms with van der Waals surface area (Å²) in [6.45, 7) is 1.82. The minimum Gasteiger partial charge on any atom is -0.495 e. The molecule has 0 aliphatic carbocycles. The first-order chi connectivity index (χ1) is 10.3. The van der Waals surface area contributed by atoms with Crippen LogP contribution in [0, 0.1) is 0 Å². The van der Waals surface area contributed by atoms with Crippen molar-refractivity contribution in [2.45, 2.75) is 13.0 Å². The van der Waals surface area contributed by atoms with E-state index in [0.717, 1.165) is 30.9 Å². The van der Waals surface area contributed by atoms with Gasteiger partial charge >= 0.3 is 0 Å². The summed E-state index contributed by atoms with van der Waals surface area (Å²) in [6, 6.07) is 9.75. The van der Waals surface area contributed by atoms with E-state index in [0.29, 0.717) is 6.54 Å². The maximum Gasteiger partial charge on any atom is 0.242 e. The number of hydrogen-bond acceptors (Lipinski definition) is 4. The Bertz CT molecular complexity index is 639. The van der Waals surface area contributed by atoms with E-state index in [1.165, 1.54) is 10.4 Å². The molecule has 1 aliphatic rings. The molecule has 21 heavy (non-hydrogen) atoms. The van der Waals surface area contributed by atoms with Gasteiger partial charge in [-0.25, -0.2) is 0 Å². The Morgan fingerprint density at radius 3 is 3.10 bits per heavy atom. The number of hydrogen-bond donors (Lipinski definition) is 1. The Morgan fingerprint density at radius 1 is 1.38 bits per heavy atom. The van der Waals surface area contributed by atoms with Crippen LogP contribution in [0.1, 0.15) is 10.4 Å². The first-order valence-electron chi connectivity index (χ1n) is 6.98. The van der Waals surface area contributed by atoms with Crippen LogP contribution in [0.2, 0.25) is 0 Å². The van der Waals surface area contributed by atoms with Crippen LogP contribution in [-0.2, 0) is 17.8 Å². The number of amides is 1. The molecule has 0 bridgehead atoms. The third-order valence-corrected chi connectivity index (χ3v) is 4.72. The van der Waals surface area contributed by atoms with Crippen molar-refractivity contribution >= 4 is 22.9 Å². The van der Waals surface area contributed by atoms with Crippen LogP contribution in [0.4, 0.5) is 5.69 Å². The van der Waals surface area contributed by atoms with Crippen molar-refractivity contribution in [2.75, 3.05) is 25.5 Å². The van der Waals surface area contributed by atoms with Crippen LogP contribution in [0.5, 0.6) is 5.75 Å².